The van der Waals surface area contributed by atoms with Crippen molar-refractivity contribution in [3.63, 3.8) is 0 Å². The molecule has 2 aromatic carbocycles. The van der Waals surface area contributed by atoms with E-state index in [-0.39, 0.29) is 0 Å². The third-order valence-corrected chi connectivity index (χ3v) is 4.23. The summed E-state index contributed by atoms with van der Waals surface area (Å²) in [5, 5.41) is 11.2. The Kier molecular flexibility index (Phi) is 3.12. The molecule has 0 bridgehead atoms. The van der Waals surface area contributed by atoms with Crippen LogP contribution in [0, 0.1) is 11.3 Å². The number of halogens is 1. The largest absolute Gasteiger partial charge is 0.470 e. The Morgan fingerprint density at radius 1 is 1.17 bits per heavy atom. The summed E-state index contributed by atoms with van der Waals surface area (Å²) in [5.74, 6) is 0.678. The Morgan fingerprint density at radius 3 is 2.83 bits per heavy atom. The fraction of sp³-hybridized carbons (Fsp3) is 0.0556. The number of aromatic amines is 1. The minimum Gasteiger partial charge on any atom is -0.470 e. The number of nitriles is 1. The highest BCUT2D eigenvalue weighted by atomic mass is 35.5. The number of H-pyrrole nitrogens is 1. The van der Waals surface area contributed by atoms with E-state index in [2.05, 4.69) is 11.1 Å². The van der Waals surface area contributed by atoms with Crippen LogP contribution in [0.5, 0.6) is 5.75 Å². The van der Waals surface area contributed by atoms with Crippen LogP contribution in [0.4, 0.5) is 0 Å². The van der Waals surface area contributed by atoms with Gasteiger partial charge in [0.25, 0.3) is 0 Å². The highest BCUT2D eigenvalue weighted by Crippen LogP contribution is 2.41. The van der Waals surface area contributed by atoms with Crippen LogP contribution in [0.1, 0.15) is 11.1 Å². The van der Waals surface area contributed by atoms with Crippen molar-refractivity contribution in [3.05, 3.63) is 70.4 Å². The standard InChI is InChI=1S/C18H12ClN3O/c19-10-5-6-11-14(9-22-15(11)7-10)17-12-3-1-2-4-16(12)23-18(21)13(17)8-20/h1-7,9,18,22H,21H2/t18-/m0/s1. The van der Waals surface area contributed by atoms with Gasteiger partial charge in [-0.2, -0.15) is 5.26 Å². The van der Waals surface area contributed by atoms with E-state index in [1.165, 1.54) is 0 Å². The predicted octanol–water partition coefficient (Wildman–Crippen LogP) is 3.82. The number of nitrogens with two attached hydrogens (primary N) is 1. The van der Waals surface area contributed by atoms with E-state index in [0.717, 1.165) is 27.6 Å². The van der Waals surface area contributed by atoms with Gasteiger partial charge in [-0.25, -0.2) is 0 Å². The van der Waals surface area contributed by atoms with Crippen LogP contribution >= 0.6 is 11.6 Å². The van der Waals surface area contributed by atoms with E-state index >= 15 is 0 Å². The van der Waals surface area contributed by atoms with E-state index in [0.29, 0.717) is 16.3 Å². The Balaban J connectivity index is 2.05. The molecule has 0 aliphatic carbocycles. The zero-order valence-corrected chi connectivity index (χ0v) is 12.8. The minimum atomic E-state index is -0.776. The molecule has 5 heteroatoms. The molecule has 4 nitrogen and oxygen atoms in total. The molecule has 23 heavy (non-hydrogen) atoms. The van der Waals surface area contributed by atoms with Gasteiger partial charge in [0.15, 0.2) is 6.23 Å². The Hall–Kier alpha value is -2.74. The summed E-state index contributed by atoms with van der Waals surface area (Å²) in [7, 11) is 0. The van der Waals surface area contributed by atoms with Crippen molar-refractivity contribution in [2.75, 3.05) is 0 Å². The Labute approximate surface area is 137 Å². The lowest BCUT2D eigenvalue weighted by Gasteiger charge is -2.25. The van der Waals surface area contributed by atoms with Crippen LogP contribution in [-0.2, 0) is 0 Å². The second-order valence-corrected chi connectivity index (χ2v) is 5.76. The topological polar surface area (TPSA) is 74.8 Å². The van der Waals surface area contributed by atoms with E-state index in [1.54, 1.807) is 0 Å². The van der Waals surface area contributed by atoms with Crippen LogP contribution in [-0.4, -0.2) is 11.2 Å². The molecule has 3 aromatic rings. The van der Waals surface area contributed by atoms with Crippen LogP contribution < -0.4 is 10.5 Å². The SMILES string of the molecule is N#CC1=C(c2c[nH]c3cc(Cl)ccc23)c2ccccc2O[C@@H]1N. The van der Waals surface area contributed by atoms with E-state index in [4.69, 9.17) is 22.1 Å². The molecule has 0 spiro atoms. The number of para-hydroxylation sites is 1. The average molecular weight is 322 g/mol. The number of nitrogens with zero attached hydrogens (tertiary/aromatic N) is 1. The first-order chi connectivity index (χ1) is 11.2. The number of fused-ring (bicyclic) bond motifs is 2. The second kappa shape index (κ2) is 5.17. The number of rotatable bonds is 1. The average Bonchev–Trinajstić information content (AvgIpc) is 2.96. The van der Waals surface area contributed by atoms with Crippen molar-refractivity contribution in [3.8, 4) is 11.8 Å². The summed E-state index contributed by atoms with van der Waals surface area (Å²) in [6.45, 7) is 0. The highest BCUT2D eigenvalue weighted by Gasteiger charge is 2.28. The number of hydrogen-bond donors (Lipinski definition) is 2. The first-order valence-electron chi connectivity index (χ1n) is 7.12. The van der Waals surface area contributed by atoms with Crippen molar-refractivity contribution in [1.82, 2.24) is 4.98 Å². The molecule has 0 radical (unpaired) electrons. The van der Waals surface area contributed by atoms with Crippen molar-refractivity contribution < 1.29 is 4.74 Å². The molecule has 112 valence electrons. The number of benzene rings is 2. The molecule has 1 aromatic heterocycles. The summed E-state index contributed by atoms with van der Waals surface area (Å²) < 4.78 is 5.66. The maximum absolute atomic E-state index is 9.57. The van der Waals surface area contributed by atoms with Gasteiger partial charge in [0.05, 0.1) is 5.57 Å². The van der Waals surface area contributed by atoms with Crippen molar-refractivity contribution >= 4 is 28.1 Å². The number of ether oxygens (including phenoxy) is 1. The number of nitrogens with one attached hydrogen (secondary N) is 1. The van der Waals surface area contributed by atoms with Gasteiger partial charge < -0.3 is 9.72 Å². The monoisotopic (exact) mass is 321 g/mol. The predicted molar refractivity (Wildman–Crippen MR) is 90.0 cm³/mol. The fourth-order valence-electron chi connectivity index (χ4n) is 2.97. The molecule has 3 N–H and O–H groups in total. The first kappa shape index (κ1) is 13.9. The molecule has 0 amide bonds. The second-order valence-electron chi connectivity index (χ2n) is 5.33. The summed E-state index contributed by atoms with van der Waals surface area (Å²) in [6, 6.07) is 15.4. The molecule has 1 aliphatic heterocycles. The van der Waals surface area contributed by atoms with E-state index in [9.17, 15) is 5.26 Å². The third-order valence-electron chi connectivity index (χ3n) is 4.00. The number of hydrogen-bond acceptors (Lipinski definition) is 3. The van der Waals surface area contributed by atoms with Crippen LogP contribution in [0.2, 0.25) is 5.02 Å². The summed E-state index contributed by atoms with van der Waals surface area (Å²) in [4.78, 5) is 3.21. The summed E-state index contributed by atoms with van der Waals surface area (Å²) in [5.41, 5.74) is 9.94. The van der Waals surface area contributed by atoms with Crippen molar-refractivity contribution in [2.45, 2.75) is 6.23 Å². The zero-order valence-electron chi connectivity index (χ0n) is 12.0. The number of aromatic nitrogens is 1. The lowest BCUT2D eigenvalue weighted by atomic mass is 9.90. The summed E-state index contributed by atoms with van der Waals surface area (Å²) >= 11 is 6.05. The molecular formula is C18H12ClN3O. The van der Waals surface area contributed by atoms with Gasteiger partial charge in [-0.05, 0) is 18.2 Å². The molecule has 1 atom stereocenters. The molecule has 1 aliphatic rings. The lowest BCUT2D eigenvalue weighted by Crippen LogP contribution is -2.32. The van der Waals surface area contributed by atoms with E-state index < -0.39 is 6.23 Å². The minimum absolute atomic E-state index is 0.416. The molecule has 0 fully saturated rings. The molecule has 0 saturated carbocycles. The summed E-state index contributed by atoms with van der Waals surface area (Å²) in [6.07, 6.45) is 1.10. The van der Waals surface area contributed by atoms with Gasteiger partial charge in [0, 0.05) is 38.8 Å². The van der Waals surface area contributed by atoms with Gasteiger partial charge in [-0.3, -0.25) is 5.73 Å². The maximum atomic E-state index is 9.57. The zero-order chi connectivity index (χ0) is 16.0. The molecule has 2 heterocycles. The lowest BCUT2D eigenvalue weighted by molar-refractivity contribution is 0.245. The smallest absolute Gasteiger partial charge is 0.184 e. The van der Waals surface area contributed by atoms with E-state index in [1.807, 2.05) is 48.7 Å². The van der Waals surface area contributed by atoms with Crippen molar-refractivity contribution in [2.24, 2.45) is 5.73 Å². The quantitative estimate of drug-likeness (QED) is 0.715. The van der Waals surface area contributed by atoms with Gasteiger partial charge in [-0.15, -0.1) is 0 Å². The van der Waals surface area contributed by atoms with Gasteiger partial charge in [-0.1, -0.05) is 35.9 Å². The van der Waals surface area contributed by atoms with Gasteiger partial charge in [0.2, 0.25) is 0 Å². The Bertz CT molecular complexity index is 997. The van der Waals surface area contributed by atoms with Gasteiger partial charge in [0.1, 0.15) is 11.8 Å². The molecule has 0 unspecified atom stereocenters. The normalized spacial score (nSPS) is 16.8. The maximum Gasteiger partial charge on any atom is 0.184 e. The van der Waals surface area contributed by atoms with Crippen LogP contribution in [0.3, 0.4) is 0 Å². The molecular weight excluding hydrogens is 310 g/mol. The highest BCUT2D eigenvalue weighted by molar-refractivity contribution is 6.31. The van der Waals surface area contributed by atoms with Crippen LogP contribution in [0.25, 0.3) is 16.5 Å². The fourth-order valence-corrected chi connectivity index (χ4v) is 3.15. The Morgan fingerprint density at radius 2 is 2.00 bits per heavy atom. The van der Waals surface area contributed by atoms with Crippen LogP contribution in [0.15, 0.2) is 54.2 Å². The van der Waals surface area contributed by atoms with Crippen molar-refractivity contribution in [1.29, 1.82) is 5.26 Å². The molecule has 0 saturated heterocycles. The first-order valence-corrected chi connectivity index (χ1v) is 7.50. The molecule has 4 rings (SSSR count). The third kappa shape index (κ3) is 2.10. The van der Waals surface area contributed by atoms with Gasteiger partial charge >= 0.3 is 0 Å².